The second kappa shape index (κ2) is 8.53. The van der Waals surface area contributed by atoms with E-state index in [-0.39, 0.29) is 12.3 Å². The minimum atomic E-state index is -1.06. The second-order valence-electron chi connectivity index (χ2n) is 5.84. The van der Waals surface area contributed by atoms with Gasteiger partial charge in [0.25, 0.3) is 5.91 Å². The molecule has 10 heteroatoms. The zero-order valence-corrected chi connectivity index (χ0v) is 16.0. The summed E-state index contributed by atoms with van der Waals surface area (Å²) in [6, 6.07) is 10.3. The number of rotatable bonds is 7. The van der Waals surface area contributed by atoms with E-state index in [0.29, 0.717) is 17.1 Å². The number of esters is 1. The normalized spacial score (nSPS) is 11.6. The Morgan fingerprint density at radius 2 is 2.00 bits per heavy atom. The van der Waals surface area contributed by atoms with Gasteiger partial charge in [-0.15, -0.1) is 21.5 Å². The van der Waals surface area contributed by atoms with Crippen LogP contribution in [0.5, 0.6) is 0 Å². The Morgan fingerprint density at radius 1 is 1.21 bits per heavy atom. The summed E-state index contributed by atoms with van der Waals surface area (Å²) >= 11 is 1.46. The van der Waals surface area contributed by atoms with Gasteiger partial charge in [0.05, 0.1) is 10.6 Å². The molecule has 0 bridgehead atoms. The molecule has 0 saturated carbocycles. The monoisotopic (exact) mass is 399 g/mol. The largest absolute Gasteiger partial charge is 0.451 e. The summed E-state index contributed by atoms with van der Waals surface area (Å²) in [7, 11) is 0. The molecule has 3 aromatic rings. The molecule has 2 aromatic heterocycles. The molecule has 1 amide bonds. The van der Waals surface area contributed by atoms with Crippen molar-refractivity contribution in [3.8, 4) is 10.7 Å². The maximum atomic E-state index is 12.3. The number of benzene rings is 1. The van der Waals surface area contributed by atoms with Crippen LogP contribution in [0.1, 0.15) is 24.2 Å². The Bertz CT molecular complexity index is 999. The van der Waals surface area contributed by atoms with Crippen molar-refractivity contribution in [3.63, 3.8) is 0 Å². The van der Waals surface area contributed by atoms with Crippen molar-refractivity contribution in [2.45, 2.75) is 26.5 Å². The van der Waals surface area contributed by atoms with Gasteiger partial charge >= 0.3 is 5.97 Å². The Morgan fingerprint density at radius 3 is 2.71 bits per heavy atom. The Balaban J connectivity index is 1.57. The smallest absolute Gasteiger partial charge is 0.330 e. The summed E-state index contributed by atoms with van der Waals surface area (Å²) < 4.78 is 5.13. The number of hydrogen-bond donors (Lipinski definition) is 1. The molecule has 9 nitrogen and oxygen atoms in total. The van der Waals surface area contributed by atoms with Crippen LogP contribution in [-0.4, -0.2) is 44.0 Å². The lowest BCUT2D eigenvalue weighted by molar-refractivity contribution is -0.154. The number of ketones is 1. The molecule has 1 N–H and O–H groups in total. The minimum absolute atomic E-state index is 0.181. The molecule has 0 aliphatic carbocycles. The lowest BCUT2D eigenvalue weighted by Crippen LogP contribution is -2.31. The van der Waals surface area contributed by atoms with Crippen molar-refractivity contribution >= 4 is 34.7 Å². The maximum Gasteiger partial charge on any atom is 0.330 e. The van der Waals surface area contributed by atoms with Crippen molar-refractivity contribution in [2.24, 2.45) is 0 Å². The van der Waals surface area contributed by atoms with Crippen LogP contribution in [0.2, 0.25) is 0 Å². The third-order valence-corrected chi connectivity index (χ3v) is 4.57. The highest BCUT2D eigenvalue weighted by Crippen LogP contribution is 2.19. The van der Waals surface area contributed by atoms with Crippen LogP contribution in [0.4, 0.5) is 5.69 Å². The molecule has 0 saturated heterocycles. The van der Waals surface area contributed by atoms with E-state index in [0.717, 1.165) is 9.67 Å². The molecule has 28 heavy (non-hydrogen) atoms. The van der Waals surface area contributed by atoms with E-state index in [1.165, 1.54) is 25.2 Å². The average Bonchev–Trinajstić information content (AvgIpc) is 3.33. The van der Waals surface area contributed by atoms with E-state index >= 15 is 0 Å². The van der Waals surface area contributed by atoms with Crippen LogP contribution in [0.15, 0.2) is 41.8 Å². The van der Waals surface area contributed by atoms with E-state index in [1.807, 2.05) is 17.5 Å². The second-order valence-corrected chi connectivity index (χ2v) is 6.79. The minimum Gasteiger partial charge on any atom is -0.451 e. The molecule has 0 aliphatic rings. The van der Waals surface area contributed by atoms with Crippen molar-refractivity contribution in [2.75, 3.05) is 5.32 Å². The lowest BCUT2D eigenvalue weighted by Gasteiger charge is -2.14. The first kappa shape index (κ1) is 19.4. The molecule has 0 fully saturated rings. The van der Waals surface area contributed by atoms with Crippen molar-refractivity contribution in [1.29, 1.82) is 0 Å². The first-order valence-corrected chi connectivity index (χ1v) is 9.24. The number of Topliss-reactive ketones (excluding diaryl/α,β-unsaturated/α-hetero) is 1. The Labute approximate surface area is 164 Å². The van der Waals surface area contributed by atoms with Gasteiger partial charge in [0.1, 0.15) is 0 Å². The standard InChI is InChI=1S/C18H17N5O4S/c1-11(24)13-6-3-4-7-14(13)19-18(26)12(2)27-16(25)10-23-21-17(20-22-23)15-8-5-9-28-15/h3-9,12H,10H2,1-2H3,(H,19,26)/t12-/m0/s1. The molecule has 144 valence electrons. The van der Waals surface area contributed by atoms with Crippen molar-refractivity contribution in [3.05, 3.63) is 47.3 Å². The van der Waals surface area contributed by atoms with Gasteiger partial charge in [0, 0.05) is 5.56 Å². The number of carbonyl (C=O) groups excluding carboxylic acids is 3. The van der Waals surface area contributed by atoms with Crippen molar-refractivity contribution in [1.82, 2.24) is 20.2 Å². The molecule has 0 spiro atoms. The van der Waals surface area contributed by atoms with Gasteiger partial charge in [-0.2, -0.15) is 4.80 Å². The molecule has 2 heterocycles. The fourth-order valence-electron chi connectivity index (χ4n) is 2.35. The average molecular weight is 399 g/mol. The molecule has 1 aromatic carbocycles. The summed E-state index contributed by atoms with van der Waals surface area (Å²) in [5.41, 5.74) is 0.740. The number of thiophene rings is 1. The molecule has 0 aliphatic heterocycles. The first-order valence-electron chi connectivity index (χ1n) is 8.36. The summed E-state index contributed by atoms with van der Waals surface area (Å²) in [6.07, 6.45) is -1.06. The SMILES string of the molecule is CC(=O)c1ccccc1NC(=O)[C@H](C)OC(=O)Cn1nnc(-c2cccs2)n1. The number of aromatic nitrogens is 4. The van der Waals surface area contributed by atoms with Gasteiger partial charge in [-0.25, -0.2) is 4.79 Å². The van der Waals surface area contributed by atoms with Crippen LogP contribution >= 0.6 is 11.3 Å². The molecular weight excluding hydrogens is 382 g/mol. The molecule has 0 radical (unpaired) electrons. The van der Waals surface area contributed by atoms with Gasteiger partial charge in [-0.3, -0.25) is 9.59 Å². The third-order valence-electron chi connectivity index (χ3n) is 3.71. The summed E-state index contributed by atoms with van der Waals surface area (Å²) in [4.78, 5) is 37.9. The third kappa shape index (κ3) is 4.65. The summed E-state index contributed by atoms with van der Waals surface area (Å²) in [5, 5.41) is 16.3. The van der Waals surface area contributed by atoms with Gasteiger partial charge < -0.3 is 10.1 Å². The topological polar surface area (TPSA) is 116 Å². The van der Waals surface area contributed by atoms with E-state index in [2.05, 4.69) is 20.7 Å². The number of nitrogens with zero attached hydrogens (tertiary/aromatic N) is 4. The van der Waals surface area contributed by atoms with Crippen LogP contribution in [0.3, 0.4) is 0 Å². The fourth-order valence-corrected chi connectivity index (χ4v) is 3.00. The highest BCUT2D eigenvalue weighted by atomic mass is 32.1. The van der Waals surface area contributed by atoms with Crippen LogP contribution < -0.4 is 5.32 Å². The number of tetrazole rings is 1. The number of carbonyl (C=O) groups is 3. The van der Waals surface area contributed by atoms with Crippen molar-refractivity contribution < 1.29 is 19.1 Å². The zero-order valence-electron chi connectivity index (χ0n) is 15.2. The van der Waals surface area contributed by atoms with E-state index in [4.69, 9.17) is 4.74 Å². The quantitative estimate of drug-likeness (QED) is 0.478. The zero-order chi connectivity index (χ0) is 20.1. The highest BCUT2D eigenvalue weighted by molar-refractivity contribution is 7.13. The Kier molecular flexibility index (Phi) is 5.90. The van der Waals surface area contributed by atoms with Gasteiger partial charge in [0.15, 0.2) is 18.4 Å². The predicted molar refractivity (Wildman–Crippen MR) is 102 cm³/mol. The van der Waals surface area contributed by atoms with E-state index < -0.39 is 18.0 Å². The number of hydrogen-bond acceptors (Lipinski definition) is 8. The van der Waals surface area contributed by atoms with Gasteiger partial charge in [-0.1, -0.05) is 18.2 Å². The van der Waals surface area contributed by atoms with E-state index in [9.17, 15) is 14.4 Å². The number of ether oxygens (including phenoxy) is 1. The molecule has 0 unspecified atom stereocenters. The fraction of sp³-hybridized carbons (Fsp3) is 0.222. The summed E-state index contributed by atoms with van der Waals surface area (Å²) in [5.74, 6) is -1.00. The molecule has 3 rings (SSSR count). The highest BCUT2D eigenvalue weighted by Gasteiger charge is 2.20. The van der Waals surface area contributed by atoms with Crippen LogP contribution in [0, 0.1) is 0 Å². The predicted octanol–water partition coefficient (Wildman–Crippen LogP) is 2.17. The first-order chi connectivity index (χ1) is 13.4. The van der Waals surface area contributed by atoms with Gasteiger partial charge in [0.2, 0.25) is 5.82 Å². The maximum absolute atomic E-state index is 12.3. The number of nitrogens with one attached hydrogen (secondary N) is 1. The lowest BCUT2D eigenvalue weighted by atomic mass is 10.1. The Hall–Kier alpha value is -3.40. The number of para-hydroxylation sites is 1. The number of anilines is 1. The summed E-state index contributed by atoms with van der Waals surface area (Å²) in [6.45, 7) is 2.57. The molecular formula is C18H17N5O4S. The van der Waals surface area contributed by atoms with Crippen LogP contribution in [0.25, 0.3) is 10.7 Å². The molecule has 1 atom stereocenters. The van der Waals surface area contributed by atoms with E-state index in [1.54, 1.807) is 24.3 Å². The number of amides is 1. The van der Waals surface area contributed by atoms with Crippen LogP contribution in [-0.2, 0) is 20.9 Å². The van der Waals surface area contributed by atoms with Gasteiger partial charge in [-0.05, 0) is 42.6 Å².